The summed E-state index contributed by atoms with van der Waals surface area (Å²) in [6.45, 7) is 0.471. The molecule has 5 rings (SSSR count). The number of rotatable bonds is 3. The van der Waals surface area contributed by atoms with Gasteiger partial charge in [-0.15, -0.1) is 13.2 Å². The van der Waals surface area contributed by atoms with E-state index in [4.69, 9.17) is 10.5 Å². The Balaban J connectivity index is 1.30. The molecule has 0 aromatic rings. The summed E-state index contributed by atoms with van der Waals surface area (Å²) in [6, 6.07) is 0. The Labute approximate surface area is 119 Å². The first-order valence-corrected chi connectivity index (χ1v) is 7.20. The Morgan fingerprint density at radius 1 is 1.29 bits per heavy atom. The molecule has 2 N–H and O–H groups in total. The zero-order chi connectivity index (χ0) is 15.0. The van der Waals surface area contributed by atoms with Gasteiger partial charge >= 0.3 is 12.5 Å². The smallest absolute Gasteiger partial charge is 0.444 e. The lowest BCUT2D eigenvalue weighted by Crippen LogP contribution is -2.82. The minimum Gasteiger partial charge on any atom is -0.444 e. The van der Waals surface area contributed by atoms with Crippen LogP contribution in [0.3, 0.4) is 0 Å². The van der Waals surface area contributed by atoms with Crippen molar-refractivity contribution in [2.45, 2.75) is 61.8 Å². The van der Waals surface area contributed by atoms with Crippen molar-refractivity contribution in [2.75, 3.05) is 6.54 Å². The lowest BCUT2D eigenvalue weighted by molar-refractivity contribution is -0.355. The van der Waals surface area contributed by atoms with E-state index in [9.17, 15) is 18.0 Å². The Hall–Kier alpha value is -1.02. The lowest BCUT2D eigenvalue weighted by atomic mass is 9.44. The zero-order valence-electron chi connectivity index (χ0n) is 11.4. The fourth-order valence-corrected chi connectivity index (χ4v) is 4.41. The third-order valence-corrected chi connectivity index (χ3v) is 5.41. The first kappa shape index (κ1) is 13.6. The fraction of sp³-hybridized carbons (Fsp3) is 0.923. The van der Waals surface area contributed by atoms with Crippen molar-refractivity contribution in [3.63, 3.8) is 0 Å². The molecule has 0 aromatic carbocycles. The second kappa shape index (κ2) is 3.84. The molecule has 2 bridgehead atoms. The Morgan fingerprint density at radius 3 is 2.43 bits per heavy atom. The van der Waals surface area contributed by atoms with Crippen molar-refractivity contribution in [1.29, 1.82) is 0 Å². The quantitative estimate of drug-likeness (QED) is 0.863. The molecule has 0 spiro atoms. The van der Waals surface area contributed by atoms with Crippen LogP contribution >= 0.6 is 0 Å². The summed E-state index contributed by atoms with van der Waals surface area (Å²) in [6.07, 6.45) is -3.03. The van der Waals surface area contributed by atoms with Gasteiger partial charge in [0.25, 0.3) is 0 Å². The van der Waals surface area contributed by atoms with E-state index in [0.717, 1.165) is 19.3 Å². The molecule has 1 saturated heterocycles. The second-order valence-electron chi connectivity index (χ2n) is 7.07. The van der Waals surface area contributed by atoms with Crippen LogP contribution in [-0.2, 0) is 9.47 Å². The second-order valence-corrected chi connectivity index (χ2v) is 7.07. The number of nitrogens with two attached hydrogens (primary N) is 1. The van der Waals surface area contributed by atoms with Gasteiger partial charge in [-0.1, -0.05) is 0 Å². The number of amides is 1. The summed E-state index contributed by atoms with van der Waals surface area (Å²) in [7, 11) is 0. The van der Waals surface area contributed by atoms with E-state index in [1.165, 1.54) is 0 Å². The van der Waals surface area contributed by atoms with Gasteiger partial charge in [0.15, 0.2) is 0 Å². The van der Waals surface area contributed by atoms with Gasteiger partial charge in [0, 0.05) is 11.5 Å². The van der Waals surface area contributed by atoms with Gasteiger partial charge in [-0.25, -0.2) is 4.79 Å². The maximum atomic E-state index is 12.1. The Kier molecular flexibility index (Phi) is 2.49. The number of alkyl halides is 3. The molecule has 1 unspecified atom stereocenters. The average molecular weight is 306 g/mol. The minimum atomic E-state index is -4.59. The highest BCUT2D eigenvalue weighted by Gasteiger charge is 2.71. The molecule has 1 atom stereocenters. The highest BCUT2D eigenvalue weighted by molar-refractivity contribution is 5.72. The van der Waals surface area contributed by atoms with Gasteiger partial charge in [-0.3, -0.25) is 9.64 Å². The zero-order valence-corrected chi connectivity index (χ0v) is 11.4. The summed E-state index contributed by atoms with van der Waals surface area (Å²) in [5.74, 6) is -0.0366. The molecule has 0 radical (unpaired) electrons. The van der Waals surface area contributed by atoms with Crippen molar-refractivity contribution in [2.24, 2.45) is 11.7 Å². The van der Waals surface area contributed by atoms with Gasteiger partial charge in [0.05, 0.1) is 18.2 Å². The molecule has 5 aliphatic rings. The van der Waals surface area contributed by atoms with Crippen LogP contribution in [0, 0.1) is 5.92 Å². The standard InChI is InChI=1S/C13H17F3N2O3/c14-13(15,16)21-8-1-7(2-8)9-3-18(10(19)20-9)12-4-11(17,5-12)6-12/h7-9H,1-6,17H2. The molecule has 118 valence electrons. The number of hydrogen-bond donors (Lipinski definition) is 1. The monoisotopic (exact) mass is 306 g/mol. The highest BCUT2D eigenvalue weighted by Crippen LogP contribution is 2.63. The number of halogens is 3. The van der Waals surface area contributed by atoms with E-state index in [-0.39, 0.29) is 29.2 Å². The van der Waals surface area contributed by atoms with E-state index in [1.807, 2.05) is 0 Å². The van der Waals surface area contributed by atoms with Crippen molar-refractivity contribution >= 4 is 6.09 Å². The SMILES string of the molecule is NC12CC(N3CC(C4CC(OC(F)(F)F)C4)OC3=O)(C1)C2. The molecule has 4 saturated carbocycles. The first-order valence-electron chi connectivity index (χ1n) is 7.20. The van der Waals surface area contributed by atoms with Crippen LogP contribution in [0.15, 0.2) is 0 Å². The number of carbonyl (C=O) groups is 1. The maximum absolute atomic E-state index is 12.1. The molecular weight excluding hydrogens is 289 g/mol. The van der Waals surface area contributed by atoms with E-state index >= 15 is 0 Å². The predicted molar refractivity (Wildman–Crippen MR) is 64.1 cm³/mol. The Bertz CT molecular complexity index is 470. The molecule has 5 fully saturated rings. The molecular formula is C13H17F3N2O3. The van der Waals surface area contributed by atoms with Crippen molar-refractivity contribution in [1.82, 2.24) is 4.90 Å². The van der Waals surface area contributed by atoms with E-state index in [0.29, 0.717) is 19.4 Å². The maximum Gasteiger partial charge on any atom is 0.522 e. The summed E-state index contributed by atoms with van der Waals surface area (Å²) in [5, 5.41) is 0. The topological polar surface area (TPSA) is 64.8 Å². The van der Waals surface area contributed by atoms with E-state index in [2.05, 4.69) is 4.74 Å². The molecule has 5 nitrogen and oxygen atoms in total. The average Bonchev–Trinajstić information content (AvgIpc) is 2.57. The fourth-order valence-electron chi connectivity index (χ4n) is 4.41. The van der Waals surface area contributed by atoms with Crippen molar-refractivity contribution in [3.8, 4) is 0 Å². The number of cyclic esters (lactones) is 1. The molecule has 21 heavy (non-hydrogen) atoms. The molecule has 4 aliphatic carbocycles. The van der Waals surface area contributed by atoms with Crippen LogP contribution in [0.5, 0.6) is 0 Å². The van der Waals surface area contributed by atoms with Gasteiger partial charge < -0.3 is 10.5 Å². The van der Waals surface area contributed by atoms with E-state index < -0.39 is 12.5 Å². The first-order chi connectivity index (χ1) is 9.68. The summed E-state index contributed by atoms with van der Waals surface area (Å²) in [4.78, 5) is 13.7. The minimum absolute atomic E-state index is 0.0366. The van der Waals surface area contributed by atoms with Crippen LogP contribution < -0.4 is 5.73 Å². The van der Waals surface area contributed by atoms with Crippen LogP contribution in [0.1, 0.15) is 32.1 Å². The number of ether oxygens (including phenoxy) is 2. The normalized spacial score (nSPS) is 48.3. The van der Waals surface area contributed by atoms with Gasteiger partial charge in [0.2, 0.25) is 0 Å². The number of carbonyl (C=O) groups excluding carboxylic acids is 1. The third-order valence-electron chi connectivity index (χ3n) is 5.41. The van der Waals surface area contributed by atoms with E-state index in [1.54, 1.807) is 4.90 Å². The Morgan fingerprint density at radius 2 is 1.90 bits per heavy atom. The third kappa shape index (κ3) is 2.03. The molecule has 1 aliphatic heterocycles. The van der Waals surface area contributed by atoms with Gasteiger partial charge in [0.1, 0.15) is 6.10 Å². The highest BCUT2D eigenvalue weighted by atomic mass is 19.4. The number of hydrogen-bond acceptors (Lipinski definition) is 4. The van der Waals surface area contributed by atoms with Crippen LogP contribution in [-0.4, -0.2) is 47.2 Å². The van der Waals surface area contributed by atoms with Crippen LogP contribution in [0.4, 0.5) is 18.0 Å². The van der Waals surface area contributed by atoms with Crippen molar-refractivity contribution < 1.29 is 27.4 Å². The lowest BCUT2D eigenvalue weighted by Gasteiger charge is -2.71. The molecule has 8 heteroatoms. The van der Waals surface area contributed by atoms with Gasteiger partial charge in [-0.05, 0) is 32.1 Å². The van der Waals surface area contributed by atoms with Gasteiger partial charge in [-0.2, -0.15) is 0 Å². The summed E-state index contributed by atoms with van der Waals surface area (Å²) in [5.41, 5.74) is 5.76. The predicted octanol–water partition coefficient (Wildman–Crippen LogP) is 1.76. The summed E-state index contributed by atoms with van der Waals surface area (Å²) < 4.78 is 45.5. The van der Waals surface area contributed by atoms with Crippen LogP contribution in [0.2, 0.25) is 0 Å². The number of nitrogens with zero attached hydrogens (tertiary/aromatic N) is 1. The molecule has 0 aromatic heterocycles. The largest absolute Gasteiger partial charge is 0.522 e. The molecule has 1 amide bonds. The summed E-state index contributed by atoms with van der Waals surface area (Å²) >= 11 is 0. The van der Waals surface area contributed by atoms with Crippen LogP contribution in [0.25, 0.3) is 0 Å². The van der Waals surface area contributed by atoms with Crippen molar-refractivity contribution in [3.05, 3.63) is 0 Å². The molecule has 1 heterocycles.